The van der Waals surface area contributed by atoms with Gasteiger partial charge in [-0.1, -0.05) is 30.3 Å². The van der Waals surface area contributed by atoms with Gasteiger partial charge in [-0.15, -0.1) is 0 Å². The molecule has 0 radical (unpaired) electrons. The lowest BCUT2D eigenvalue weighted by Gasteiger charge is -2.37. The Labute approximate surface area is 176 Å². The van der Waals surface area contributed by atoms with Gasteiger partial charge < -0.3 is 20.1 Å². The van der Waals surface area contributed by atoms with E-state index in [4.69, 9.17) is 0 Å². The second-order valence-corrected chi connectivity index (χ2v) is 8.07. The van der Waals surface area contributed by atoms with E-state index in [0.29, 0.717) is 5.92 Å². The number of anilines is 1. The fourth-order valence-electron chi connectivity index (χ4n) is 4.62. The number of aromatic nitrogens is 2. The lowest BCUT2D eigenvalue weighted by atomic mass is 9.96. The van der Waals surface area contributed by atoms with Crippen molar-refractivity contribution in [2.24, 2.45) is 0 Å². The van der Waals surface area contributed by atoms with Crippen LogP contribution in [0.3, 0.4) is 0 Å². The van der Waals surface area contributed by atoms with Gasteiger partial charge in [-0.25, -0.2) is 4.98 Å². The number of hydrogen-bond acceptors (Lipinski definition) is 4. The van der Waals surface area contributed by atoms with Gasteiger partial charge in [-0.2, -0.15) is 0 Å². The van der Waals surface area contributed by atoms with Gasteiger partial charge in [-0.3, -0.25) is 4.79 Å². The minimum absolute atomic E-state index is 0.0777. The van der Waals surface area contributed by atoms with E-state index >= 15 is 0 Å². The second kappa shape index (κ2) is 8.32. The average molecular weight is 402 g/mol. The molecule has 1 amide bonds. The van der Waals surface area contributed by atoms with E-state index in [2.05, 4.69) is 56.6 Å². The van der Waals surface area contributed by atoms with Crippen molar-refractivity contribution in [2.75, 3.05) is 37.6 Å². The van der Waals surface area contributed by atoms with Crippen molar-refractivity contribution in [1.29, 1.82) is 0 Å². The van der Waals surface area contributed by atoms with Gasteiger partial charge >= 0.3 is 0 Å². The van der Waals surface area contributed by atoms with E-state index in [1.54, 1.807) is 0 Å². The minimum Gasteiger partial charge on any atom is -0.361 e. The zero-order valence-electron chi connectivity index (χ0n) is 17.0. The van der Waals surface area contributed by atoms with Gasteiger partial charge in [0.1, 0.15) is 5.82 Å². The SMILES string of the molecule is O=C([C@H]1C[C@@H](c2ccccc2)CN1)N1CCN(c2ncccc2-c2ccc[nH]2)CC1. The van der Waals surface area contributed by atoms with Crippen molar-refractivity contribution in [3.8, 4) is 11.3 Å². The van der Waals surface area contributed by atoms with Crippen LogP contribution in [0.15, 0.2) is 67.0 Å². The maximum atomic E-state index is 13.1. The van der Waals surface area contributed by atoms with Gasteiger partial charge in [0.2, 0.25) is 5.91 Å². The Balaban J connectivity index is 1.21. The highest BCUT2D eigenvalue weighted by molar-refractivity contribution is 5.83. The number of hydrogen-bond donors (Lipinski definition) is 2. The number of amides is 1. The number of aromatic amines is 1. The molecule has 4 heterocycles. The van der Waals surface area contributed by atoms with Crippen LogP contribution in [0.2, 0.25) is 0 Å². The van der Waals surface area contributed by atoms with E-state index in [1.807, 2.05) is 35.5 Å². The highest BCUT2D eigenvalue weighted by Crippen LogP contribution is 2.29. The Morgan fingerprint density at radius 1 is 0.967 bits per heavy atom. The van der Waals surface area contributed by atoms with Crippen LogP contribution in [0.4, 0.5) is 5.82 Å². The Morgan fingerprint density at radius 3 is 2.57 bits per heavy atom. The lowest BCUT2D eigenvalue weighted by molar-refractivity contribution is -0.133. The van der Waals surface area contributed by atoms with Gasteiger partial charge in [0.25, 0.3) is 0 Å². The van der Waals surface area contributed by atoms with E-state index < -0.39 is 0 Å². The van der Waals surface area contributed by atoms with Crippen LogP contribution in [0.25, 0.3) is 11.3 Å². The molecule has 0 bridgehead atoms. The molecule has 0 aliphatic carbocycles. The Bertz CT molecular complexity index is 980. The Morgan fingerprint density at radius 2 is 1.80 bits per heavy atom. The summed E-state index contributed by atoms with van der Waals surface area (Å²) in [6.45, 7) is 3.92. The largest absolute Gasteiger partial charge is 0.361 e. The Hall–Kier alpha value is -3.12. The van der Waals surface area contributed by atoms with Crippen molar-refractivity contribution in [1.82, 2.24) is 20.2 Å². The topological polar surface area (TPSA) is 64.3 Å². The number of nitrogens with one attached hydrogen (secondary N) is 2. The molecule has 30 heavy (non-hydrogen) atoms. The van der Waals surface area contributed by atoms with E-state index in [0.717, 1.165) is 56.2 Å². The Kier molecular flexibility index (Phi) is 5.24. The summed E-state index contributed by atoms with van der Waals surface area (Å²) >= 11 is 0. The molecule has 154 valence electrons. The number of pyridine rings is 1. The van der Waals surface area contributed by atoms with Crippen molar-refractivity contribution < 1.29 is 4.79 Å². The van der Waals surface area contributed by atoms with Crippen molar-refractivity contribution in [3.63, 3.8) is 0 Å². The molecule has 0 saturated carbocycles. The molecule has 2 aromatic heterocycles. The van der Waals surface area contributed by atoms with Crippen molar-refractivity contribution in [2.45, 2.75) is 18.4 Å². The first kappa shape index (κ1) is 18.9. The molecular weight excluding hydrogens is 374 g/mol. The van der Waals surface area contributed by atoms with Crippen LogP contribution < -0.4 is 10.2 Å². The quantitative estimate of drug-likeness (QED) is 0.706. The third kappa shape index (κ3) is 3.71. The summed E-state index contributed by atoms with van der Waals surface area (Å²) in [7, 11) is 0. The third-order valence-corrected chi connectivity index (χ3v) is 6.27. The molecule has 2 atom stereocenters. The molecule has 2 saturated heterocycles. The first-order chi connectivity index (χ1) is 14.8. The fourth-order valence-corrected chi connectivity index (χ4v) is 4.62. The summed E-state index contributed by atoms with van der Waals surface area (Å²) in [5.41, 5.74) is 3.49. The molecule has 6 heteroatoms. The summed E-state index contributed by atoms with van der Waals surface area (Å²) in [6.07, 6.45) is 4.64. The van der Waals surface area contributed by atoms with Gasteiger partial charge in [0.05, 0.1) is 6.04 Å². The fraction of sp³-hybridized carbons (Fsp3) is 0.333. The number of piperazine rings is 1. The normalized spacial score (nSPS) is 21.7. The van der Waals surface area contributed by atoms with Crippen LogP contribution in [0, 0.1) is 0 Å². The molecule has 3 aromatic rings. The number of benzene rings is 1. The number of H-pyrrole nitrogens is 1. The summed E-state index contributed by atoms with van der Waals surface area (Å²) in [5, 5.41) is 3.45. The standard InChI is InChI=1S/C24H27N5O/c30-24(22-16-19(17-27-22)18-6-2-1-3-7-18)29-14-12-28(13-15-29)23-20(8-4-11-26-23)21-9-5-10-25-21/h1-11,19,22,25,27H,12-17H2/t19-,22-/m1/s1. The minimum atomic E-state index is -0.0777. The van der Waals surface area contributed by atoms with E-state index in [1.165, 1.54) is 5.56 Å². The maximum Gasteiger partial charge on any atom is 0.239 e. The summed E-state index contributed by atoms with van der Waals surface area (Å²) in [6, 6.07) is 18.6. The van der Waals surface area contributed by atoms with Gasteiger partial charge in [-0.05, 0) is 42.2 Å². The number of carbonyl (C=O) groups is 1. The third-order valence-electron chi connectivity index (χ3n) is 6.27. The molecule has 2 aliphatic rings. The number of carbonyl (C=O) groups excluding carboxylic acids is 1. The first-order valence-electron chi connectivity index (χ1n) is 10.7. The predicted octanol–water partition coefficient (Wildman–Crippen LogP) is 2.87. The number of nitrogens with zero attached hydrogens (tertiary/aromatic N) is 3. The molecule has 5 rings (SSSR count). The summed E-state index contributed by atoms with van der Waals surface area (Å²) < 4.78 is 0. The van der Waals surface area contributed by atoms with Crippen molar-refractivity contribution in [3.05, 3.63) is 72.6 Å². The zero-order chi connectivity index (χ0) is 20.3. The second-order valence-electron chi connectivity index (χ2n) is 8.07. The summed E-state index contributed by atoms with van der Waals surface area (Å²) in [4.78, 5) is 25.3. The predicted molar refractivity (Wildman–Crippen MR) is 118 cm³/mol. The van der Waals surface area contributed by atoms with Crippen LogP contribution in [0.5, 0.6) is 0 Å². The molecule has 2 aliphatic heterocycles. The molecular formula is C24H27N5O. The lowest BCUT2D eigenvalue weighted by Crippen LogP contribution is -2.53. The molecule has 1 aromatic carbocycles. The van der Waals surface area contributed by atoms with Crippen LogP contribution in [-0.2, 0) is 4.79 Å². The smallest absolute Gasteiger partial charge is 0.239 e. The van der Waals surface area contributed by atoms with Crippen LogP contribution >= 0.6 is 0 Å². The van der Waals surface area contributed by atoms with E-state index in [9.17, 15) is 4.79 Å². The summed E-state index contributed by atoms with van der Waals surface area (Å²) in [5.74, 6) is 1.63. The van der Waals surface area contributed by atoms with Crippen LogP contribution in [-0.4, -0.2) is 59.5 Å². The maximum absolute atomic E-state index is 13.1. The first-order valence-corrected chi connectivity index (χ1v) is 10.7. The molecule has 0 spiro atoms. The average Bonchev–Trinajstić information content (AvgIpc) is 3.52. The van der Waals surface area contributed by atoms with Crippen LogP contribution in [0.1, 0.15) is 17.9 Å². The molecule has 2 N–H and O–H groups in total. The molecule has 0 unspecified atom stereocenters. The highest BCUT2D eigenvalue weighted by Gasteiger charge is 2.34. The van der Waals surface area contributed by atoms with Gasteiger partial charge in [0, 0.05) is 56.4 Å². The highest BCUT2D eigenvalue weighted by atomic mass is 16.2. The van der Waals surface area contributed by atoms with E-state index in [-0.39, 0.29) is 11.9 Å². The molecule has 6 nitrogen and oxygen atoms in total. The monoisotopic (exact) mass is 401 g/mol. The van der Waals surface area contributed by atoms with Crippen molar-refractivity contribution >= 4 is 11.7 Å². The molecule has 2 fully saturated rings. The zero-order valence-corrected chi connectivity index (χ0v) is 17.0. The van der Waals surface area contributed by atoms with Gasteiger partial charge in [0.15, 0.2) is 0 Å². The number of rotatable bonds is 4.